The molecule has 1 rings (SSSR count). The summed E-state index contributed by atoms with van der Waals surface area (Å²) in [6.45, 7) is 7.19. The van der Waals surface area contributed by atoms with Crippen molar-refractivity contribution in [3.63, 3.8) is 0 Å². The monoisotopic (exact) mass is 601 g/mol. The van der Waals surface area contributed by atoms with E-state index in [1.54, 1.807) is 31.2 Å². The highest BCUT2D eigenvalue weighted by atomic mass is 16.6. The van der Waals surface area contributed by atoms with Crippen LogP contribution in [0.25, 0.3) is 0 Å². The number of unbranched alkanes of at least 4 members (excludes halogenated alkanes) is 2. The molecule has 10 nitrogen and oxygen atoms in total. The van der Waals surface area contributed by atoms with Gasteiger partial charge in [-0.3, -0.25) is 19.2 Å². The van der Waals surface area contributed by atoms with E-state index in [-0.39, 0.29) is 38.1 Å². The van der Waals surface area contributed by atoms with Crippen molar-refractivity contribution in [3.05, 3.63) is 42.0 Å². The van der Waals surface area contributed by atoms with Gasteiger partial charge in [-0.1, -0.05) is 45.3 Å². The largest absolute Gasteiger partial charge is 0.491 e. The molecule has 1 aromatic rings. The number of nitrogens with zero attached hydrogens (tertiary/aromatic N) is 1. The second-order valence-electron chi connectivity index (χ2n) is 10.5. The van der Waals surface area contributed by atoms with Crippen molar-refractivity contribution in [1.29, 1.82) is 5.26 Å². The molecule has 4 unspecified atom stereocenters. The summed E-state index contributed by atoms with van der Waals surface area (Å²) in [6, 6.07) is 8.59. The summed E-state index contributed by atoms with van der Waals surface area (Å²) in [4.78, 5) is 49.5. The fourth-order valence-corrected chi connectivity index (χ4v) is 4.07. The van der Waals surface area contributed by atoms with Gasteiger partial charge in [0.25, 0.3) is 0 Å². The van der Waals surface area contributed by atoms with Crippen LogP contribution >= 0.6 is 0 Å². The Kier molecular flexibility index (Phi) is 19.0. The molecule has 0 aromatic heterocycles. The smallest absolute Gasteiger partial charge is 0.309 e. The number of hydrogen-bond donors (Lipinski definition) is 0. The van der Waals surface area contributed by atoms with Crippen LogP contribution in [-0.2, 0) is 38.1 Å². The molecule has 4 atom stereocenters. The summed E-state index contributed by atoms with van der Waals surface area (Å²) in [5.41, 5.74) is 0.507. The van der Waals surface area contributed by atoms with Crippen molar-refractivity contribution < 1.29 is 42.9 Å². The molecule has 0 bridgehead atoms. The molecule has 1 aromatic carbocycles. The topological polar surface area (TPSA) is 138 Å². The zero-order valence-corrected chi connectivity index (χ0v) is 26.2. The molecule has 0 saturated carbocycles. The Morgan fingerprint density at radius 3 is 2.07 bits per heavy atom. The van der Waals surface area contributed by atoms with Gasteiger partial charge in [0.05, 0.1) is 30.9 Å². The third-order valence-electron chi connectivity index (χ3n) is 6.34. The van der Waals surface area contributed by atoms with E-state index in [0.29, 0.717) is 24.2 Å². The van der Waals surface area contributed by atoms with Crippen molar-refractivity contribution >= 4 is 23.7 Å². The Bertz CT molecular complexity index is 1060. The van der Waals surface area contributed by atoms with Gasteiger partial charge in [-0.15, -0.1) is 0 Å². The van der Waals surface area contributed by atoms with Crippen LogP contribution in [0.5, 0.6) is 5.75 Å². The van der Waals surface area contributed by atoms with Crippen LogP contribution < -0.4 is 4.74 Å². The van der Waals surface area contributed by atoms with E-state index in [0.717, 1.165) is 25.7 Å². The molecule has 0 fully saturated rings. The average molecular weight is 602 g/mol. The van der Waals surface area contributed by atoms with E-state index >= 15 is 0 Å². The molecule has 0 amide bonds. The van der Waals surface area contributed by atoms with Gasteiger partial charge < -0.3 is 23.7 Å². The lowest BCUT2D eigenvalue weighted by atomic mass is 10.1. The van der Waals surface area contributed by atoms with Crippen molar-refractivity contribution in [2.45, 2.75) is 116 Å². The first-order chi connectivity index (χ1) is 20.6. The average Bonchev–Trinajstić information content (AvgIpc) is 2.95. The number of benzene rings is 1. The Morgan fingerprint density at radius 2 is 1.47 bits per heavy atom. The summed E-state index contributed by atoms with van der Waals surface area (Å²) < 4.78 is 27.5. The highest BCUT2D eigenvalue weighted by Crippen LogP contribution is 2.17. The molecule has 10 heteroatoms. The Labute approximate surface area is 255 Å². The number of carbonyl (C=O) groups is 4. The number of nitriles is 1. The zero-order valence-electron chi connectivity index (χ0n) is 26.2. The van der Waals surface area contributed by atoms with E-state index in [2.05, 4.69) is 6.92 Å². The van der Waals surface area contributed by atoms with Crippen LogP contribution in [0, 0.1) is 11.3 Å². The SMILES string of the molecule is CCC/C=C/CC(CC(C)=O)OC(=O)CC(CCCC)OC(=O)CC(C)OC(=O)CC(COc1ccc(C#N)cc1)OC. The van der Waals surface area contributed by atoms with Crippen LogP contribution in [-0.4, -0.2) is 61.8 Å². The number of ether oxygens (including phenoxy) is 5. The molecule has 0 heterocycles. The lowest BCUT2D eigenvalue weighted by Crippen LogP contribution is -2.29. The predicted molar refractivity (Wildman–Crippen MR) is 160 cm³/mol. The van der Waals surface area contributed by atoms with Crippen molar-refractivity contribution in [2.75, 3.05) is 13.7 Å². The van der Waals surface area contributed by atoms with Crippen molar-refractivity contribution in [2.24, 2.45) is 0 Å². The molecular weight excluding hydrogens is 554 g/mol. The van der Waals surface area contributed by atoms with Gasteiger partial charge >= 0.3 is 17.9 Å². The fraction of sp³-hybridized carbons (Fsp3) is 0.606. The Balaban J connectivity index is 2.58. The third kappa shape index (κ3) is 17.8. The first-order valence-electron chi connectivity index (χ1n) is 15.0. The van der Waals surface area contributed by atoms with E-state index in [4.69, 9.17) is 28.9 Å². The van der Waals surface area contributed by atoms with Gasteiger partial charge in [0.15, 0.2) is 0 Å². The minimum atomic E-state index is -0.759. The number of esters is 3. The zero-order chi connectivity index (χ0) is 32.0. The molecule has 43 heavy (non-hydrogen) atoms. The standard InChI is InChI=1S/C33H47NO9/c1-6-8-10-11-13-28(18-24(3)35)42-33(38)20-29(12-9-7-2)43-31(36)19-25(4)41-32(37)21-30(39-5)23-40-27-16-14-26(22-34)15-17-27/h10-11,14-17,25,28-30H,6-9,12-13,18-21,23H2,1-5H3/b11-10+. The van der Waals surface area contributed by atoms with Gasteiger partial charge in [-0.25, -0.2) is 0 Å². The summed E-state index contributed by atoms with van der Waals surface area (Å²) >= 11 is 0. The number of methoxy groups -OCH3 is 1. The third-order valence-corrected chi connectivity index (χ3v) is 6.34. The molecule has 238 valence electrons. The summed E-state index contributed by atoms with van der Waals surface area (Å²) in [6.07, 6.45) is 5.47. The molecule has 0 aliphatic carbocycles. The maximum atomic E-state index is 12.7. The predicted octanol–water partition coefficient (Wildman–Crippen LogP) is 5.79. The molecule has 0 radical (unpaired) electrons. The molecule has 0 saturated heterocycles. The molecule has 0 aliphatic rings. The van der Waals surface area contributed by atoms with Crippen LogP contribution in [0.4, 0.5) is 0 Å². The number of allylic oxidation sites excluding steroid dienone is 1. The van der Waals surface area contributed by atoms with E-state index in [9.17, 15) is 19.2 Å². The minimum absolute atomic E-state index is 0.0742. The van der Waals surface area contributed by atoms with Crippen LogP contribution in [0.2, 0.25) is 0 Å². The first-order valence-corrected chi connectivity index (χ1v) is 15.0. The molecule has 0 N–H and O–H groups in total. The normalized spacial score (nSPS) is 13.8. The molecule has 0 aliphatic heterocycles. The van der Waals surface area contributed by atoms with E-state index < -0.39 is 42.3 Å². The number of rotatable bonds is 22. The highest BCUT2D eigenvalue weighted by molar-refractivity contribution is 5.77. The molecule has 0 spiro atoms. The summed E-state index contributed by atoms with van der Waals surface area (Å²) in [5, 5.41) is 8.89. The lowest BCUT2D eigenvalue weighted by Gasteiger charge is -2.21. The summed E-state index contributed by atoms with van der Waals surface area (Å²) in [7, 11) is 1.45. The summed E-state index contributed by atoms with van der Waals surface area (Å²) in [5.74, 6) is -1.23. The number of ketones is 1. The van der Waals surface area contributed by atoms with Crippen molar-refractivity contribution in [3.8, 4) is 11.8 Å². The van der Waals surface area contributed by atoms with E-state index in [1.165, 1.54) is 14.0 Å². The fourth-order valence-electron chi connectivity index (χ4n) is 4.07. The Morgan fingerprint density at radius 1 is 0.837 bits per heavy atom. The minimum Gasteiger partial charge on any atom is -0.491 e. The maximum absolute atomic E-state index is 12.7. The van der Waals surface area contributed by atoms with Crippen molar-refractivity contribution in [1.82, 2.24) is 0 Å². The van der Waals surface area contributed by atoms with Gasteiger partial charge in [0, 0.05) is 20.0 Å². The van der Waals surface area contributed by atoms with Crippen LogP contribution in [0.15, 0.2) is 36.4 Å². The number of Topliss-reactive ketones (excluding diaryl/α,β-unsaturated/α-hetero) is 1. The first kappa shape index (κ1) is 37.3. The molecular formula is C33H47NO9. The quantitative estimate of drug-likeness (QED) is 0.0911. The highest BCUT2D eigenvalue weighted by Gasteiger charge is 2.24. The lowest BCUT2D eigenvalue weighted by molar-refractivity contribution is -0.161. The second kappa shape index (κ2) is 21.9. The Hall–Kier alpha value is -3.71. The number of carbonyl (C=O) groups excluding carboxylic acids is 4. The van der Waals surface area contributed by atoms with Gasteiger partial charge in [0.2, 0.25) is 0 Å². The van der Waals surface area contributed by atoms with Crippen LogP contribution in [0.3, 0.4) is 0 Å². The van der Waals surface area contributed by atoms with Gasteiger partial charge in [0.1, 0.15) is 42.6 Å². The van der Waals surface area contributed by atoms with Gasteiger partial charge in [-0.05, 0) is 51.0 Å². The second-order valence-corrected chi connectivity index (χ2v) is 10.5. The maximum Gasteiger partial charge on any atom is 0.309 e. The number of hydrogen-bond acceptors (Lipinski definition) is 10. The van der Waals surface area contributed by atoms with Gasteiger partial charge in [-0.2, -0.15) is 5.26 Å². The van der Waals surface area contributed by atoms with E-state index in [1.807, 2.05) is 25.1 Å². The van der Waals surface area contributed by atoms with Crippen LogP contribution in [0.1, 0.15) is 97.5 Å².